The van der Waals surface area contributed by atoms with Gasteiger partial charge in [-0.15, -0.1) is 5.06 Å². The van der Waals surface area contributed by atoms with E-state index in [1.54, 1.807) is 0 Å². The van der Waals surface area contributed by atoms with Crippen molar-refractivity contribution in [2.45, 2.75) is 31.5 Å². The molecule has 1 saturated heterocycles. The molecule has 2 aliphatic rings. The highest BCUT2D eigenvalue weighted by molar-refractivity contribution is 6.30. The van der Waals surface area contributed by atoms with Gasteiger partial charge in [0.1, 0.15) is 17.6 Å². The lowest BCUT2D eigenvalue weighted by Crippen LogP contribution is -2.44. The fourth-order valence-electron chi connectivity index (χ4n) is 4.43. The molecule has 1 aromatic heterocycles. The molecule has 0 amide bonds. The van der Waals surface area contributed by atoms with Crippen molar-refractivity contribution >= 4 is 11.6 Å². The van der Waals surface area contributed by atoms with Crippen molar-refractivity contribution in [3.05, 3.63) is 95.0 Å². The van der Waals surface area contributed by atoms with E-state index in [4.69, 9.17) is 26.6 Å². The van der Waals surface area contributed by atoms with Gasteiger partial charge >= 0.3 is 0 Å². The summed E-state index contributed by atoms with van der Waals surface area (Å²) in [6.07, 6.45) is 3.97. The van der Waals surface area contributed by atoms with Crippen molar-refractivity contribution in [3.63, 3.8) is 0 Å². The van der Waals surface area contributed by atoms with Gasteiger partial charge in [0.15, 0.2) is 0 Å². The first kappa shape index (κ1) is 20.2. The monoisotopic (exact) mass is 435 g/mol. The van der Waals surface area contributed by atoms with Crippen LogP contribution in [0.1, 0.15) is 30.2 Å². The number of piperidine rings is 1. The minimum absolute atomic E-state index is 0.126. The molecule has 2 aromatic carbocycles. The van der Waals surface area contributed by atoms with Gasteiger partial charge in [0, 0.05) is 42.3 Å². The average molecular weight is 436 g/mol. The Kier molecular flexibility index (Phi) is 5.72. The number of hydroxylamine groups is 2. The number of hydrogen-bond donors (Lipinski definition) is 1. The summed E-state index contributed by atoms with van der Waals surface area (Å²) in [6.45, 7) is 3.04. The number of halogens is 1. The molecule has 3 heterocycles. The predicted octanol–water partition coefficient (Wildman–Crippen LogP) is 5.35. The molecule has 0 saturated carbocycles. The number of rotatable bonds is 5. The summed E-state index contributed by atoms with van der Waals surface area (Å²) >= 11 is 6.14. The molecule has 3 aromatic rings. The van der Waals surface area contributed by atoms with Gasteiger partial charge in [-0.3, -0.25) is 4.90 Å². The van der Waals surface area contributed by atoms with Gasteiger partial charge in [-0.2, -0.15) is 0 Å². The molecule has 5 rings (SSSR count). The molecule has 0 spiro atoms. The first-order valence-corrected chi connectivity index (χ1v) is 11.1. The van der Waals surface area contributed by atoms with Crippen LogP contribution >= 0.6 is 11.6 Å². The minimum atomic E-state index is -0.126. The van der Waals surface area contributed by atoms with Crippen LogP contribution in [0.25, 0.3) is 11.3 Å². The summed E-state index contributed by atoms with van der Waals surface area (Å²) in [5.74, 6) is 2.04. The second kappa shape index (κ2) is 8.79. The Balaban J connectivity index is 1.26. The zero-order valence-electron chi connectivity index (χ0n) is 17.3. The highest BCUT2D eigenvalue weighted by atomic mass is 35.5. The van der Waals surface area contributed by atoms with Crippen LogP contribution in [0.5, 0.6) is 0 Å². The summed E-state index contributed by atoms with van der Waals surface area (Å²) < 4.78 is 6.19. The number of benzene rings is 2. The number of hydrogen-bond acceptors (Lipinski definition) is 5. The van der Waals surface area contributed by atoms with E-state index >= 15 is 0 Å². The molecule has 1 unspecified atom stereocenters. The molecule has 2 N–H and O–H groups in total. The maximum atomic E-state index is 6.19. The third-order valence-electron chi connectivity index (χ3n) is 6.00. The van der Waals surface area contributed by atoms with E-state index in [0.717, 1.165) is 49.6 Å². The average Bonchev–Trinajstić information content (AvgIpc) is 3.42. The van der Waals surface area contributed by atoms with E-state index in [1.807, 2.05) is 47.5 Å². The third kappa shape index (κ3) is 4.49. The first-order valence-electron chi connectivity index (χ1n) is 10.7. The van der Waals surface area contributed by atoms with Crippen LogP contribution in [0.2, 0.25) is 5.02 Å². The minimum Gasteiger partial charge on any atom is -0.459 e. The second-order valence-electron chi connectivity index (χ2n) is 8.17. The number of likely N-dealkylation sites (tertiary alicyclic amines) is 1. The summed E-state index contributed by atoms with van der Waals surface area (Å²) in [7, 11) is 0. The molecular formula is C25H26ClN3O2. The van der Waals surface area contributed by atoms with Crippen molar-refractivity contribution in [1.82, 2.24) is 9.96 Å². The Morgan fingerprint density at radius 1 is 0.968 bits per heavy atom. The molecule has 0 aliphatic carbocycles. The molecule has 0 bridgehead atoms. The first-order chi connectivity index (χ1) is 15.2. The van der Waals surface area contributed by atoms with E-state index in [1.165, 1.54) is 5.56 Å². The second-order valence-corrected chi connectivity index (χ2v) is 8.61. The quantitative estimate of drug-likeness (QED) is 0.585. The van der Waals surface area contributed by atoms with Gasteiger partial charge < -0.3 is 15.0 Å². The maximum absolute atomic E-state index is 6.19. The molecule has 160 valence electrons. The van der Waals surface area contributed by atoms with Crippen LogP contribution in [-0.2, 0) is 11.4 Å². The van der Waals surface area contributed by atoms with Crippen molar-refractivity contribution < 1.29 is 9.25 Å². The standard InChI is InChI=1S/C25H26ClN3O2/c26-20-8-4-7-19(15-20)23-9-10-24(30-23)22-16-25(27)31-29(22)21-11-13-28(14-12-21)17-18-5-2-1-3-6-18/h1-10,15-16,21-22H,11-14,17,27H2. The topological polar surface area (TPSA) is 54.9 Å². The van der Waals surface area contributed by atoms with E-state index in [-0.39, 0.29) is 12.1 Å². The molecule has 6 heteroatoms. The Morgan fingerprint density at radius 3 is 2.55 bits per heavy atom. The van der Waals surface area contributed by atoms with Gasteiger partial charge in [-0.05, 0) is 42.7 Å². The zero-order valence-corrected chi connectivity index (χ0v) is 18.0. The van der Waals surface area contributed by atoms with Gasteiger partial charge in [0.2, 0.25) is 5.88 Å². The van der Waals surface area contributed by atoms with Crippen LogP contribution in [0.4, 0.5) is 0 Å². The fraction of sp³-hybridized carbons (Fsp3) is 0.280. The van der Waals surface area contributed by atoms with Crippen LogP contribution in [0, 0.1) is 0 Å². The van der Waals surface area contributed by atoms with Crippen LogP contribution in [0.3, 0.4) is 0 Å². The Hall–Kier alpha value is -2.73. The Labute approximate surface area is 187 Å². The lowest BCUT2D eigenvalue weighted by molar-refractivity contribution is -0.165. The number of nitrogens with two attached hydrogens (primary N) is 1. The van der Waals surface area contributed by atoms with Crippen molar-refractivity contribution in [1.29, 1.82) is 0 Å². The molecule has 31 heavy (non-hydrogen) atoms. The summed E-state index contributed by atoms with van der Waals surface area (Å²) in [4.78, 5) is 8.43. The summed E-state index contributed by atoms with van der Waals surface area (Å²) in [5.41, 5.74) is 8.36. The zero-order chi connectivity index (χ0) is 21.2. The molecule has 5 nitrogen and oxygen atoms in total. The molecule has 0 radical (unpaired) electrons. The van der Waals surface area contributed by atoms with Gasteiger partial charge in [0.25, 0.3) is 0 Å². The highest BCUT2D eigenvalue weighted by Gasteiger charge is 2.37. The van der Waals surface area contributed by atoms with Crippen LogP contribution in [-0.4, -0.2) is 29.1 Å². The van der Waals surface area contributed by atoms with Crippen molar-refractivity contribution in [2.24, 2.45) is 5.73 Å². The van der Waals surface area contributed by atoms with E-state index in [2.05, 4.69) is 35.2 Å². The number of nitrogens with zero attached hydrogens (tertiary/aromatic N) is 2. The molecular weight excluding hydrogens is 410 g/mol. The normalized spacial score (nSPS) is 20.5. The van der Waals surface area contributed by atoms with Gasteiger partial charge in [0.05, 0.1) is 0 Å². The third-order valence-corrected chi connectivity index (χ3v) is 6.24. The highest BCUT2D eigenvalue weighted by Crippen LogP contribution is 2.37. The molecule has 1 fully saturated rings. The van der Waals surface area contributed by atoms with Gasteiger partial charge in [-0.25, -0.2) is 0 Å². The van der Waals surface area contributed by atoms with Crippen molar-refractivity contribution in [3.8, 4) is 11.3 Å². The lowest BCUT2D eigenvalue weighted by atomic mass is 10.0. The maximum Gasteiger partial charge on any atom is 0.207 e. The van der Waals surface area contributed by atoms with Crippen molar-refractivity contribution in [2.75, 3.05) is 13.1 Å². The fourth-order valence-corrected chi connectivity index (χ4v) is 4.62. The summed E-state index contributed by atoms with van der Waals surface area (Å²) in [6, 6.07) is 22.4. The predicted molar refractivity (Wildman–Crippen MR) is 122 cm³/mol. The summed E-state index contributed by atoms with van der Waals surface area (Å²) in [5, 5.41) is 2.70. The molecule has 1 atom stereocenters. The van der Waals surface area contributed by atoms with Gasteiger partial charge in [-0.1, -0.05) is 54.1 Å². The number of furan rings is 1. The lowest BCUT2D eigenvalue weighted by Gasteiger charge is -2.37. The van der Waals surface area contributed by atoms with E-state index < -0.39 is 0 Å². The Morgan fingerprint density at radius 2 is 1.77 bits per heavy atom. The largest absolute Gasteiger partial charge is 0.459 e. The van der Waals surface area contributed by atoms with E-state index in [0.29, 0.717) is 10.9 Å². The van der Waals surface area contributed by atoms with Crippen LogP contribution < -0.4 is 5.73 Å². The SMILES string of the molecule is NC1=CC(c2ccc(-c3cccc(Cl)c3)o2)N(C2CCN(Cc3ccccc3)CC2)O1. The van der Waals surface area contributed by atoms with E-state index in [9.17, 15) is 0 Å². The van der Waals surface area contributed by atoms with Crippen LogP contribution in [0.15, 0.2) is 83.1 Å². The Bertz CT molecular complexity index is 1060. The molecule has 2 aliphatic heterocycles. The smallest absolute Gasteiger partial charge is 0.207 e.